The Labute approximate surface area is 128 Å². The highest BCUT2D eigenvalue weighted by molar-refractivity contribution is 7.27. The van der Waals surface area contributed by atoms with Crippen molar-refractivity contribution in [3.8, 4) is 0 Å². The van der Waals surface area contributed by atoms with E-state index in [1.54, 1.807) is 11.3 Å². The lowest BCUT2D eigenvalue weighted by Crippen LogP contribution is -2.13. The molecular weight excluding hydrogens is 308 g/mol. The number of carbonyl (C=O) groups is 1. The largest absolute Gasteiger partial charge is 0.406 e. The minimum Gasteiger partial charge on any atom is -0.406 e. The number of aromatic nitrogens is 2. The minimum absolute atomic E-state index is 0.107. The van der Waals surface area contributed by atoms with E-state index < -0.39 is 0 Å². The molecule has 0 saturated carbocycles. The average Bonchev–Trinajstić information content (AvgIpc) is 3.22. The van der Waals surface area contributed by atoms with Crippen LogP contribution < -0.4 is 10.6 Å². The third-order valence-corrected chi connectivity index (χ3v) is 5.47. The van der Waals surface area contributed by atoms with Gasteiger partial charge in [-0.3, -0.25) is 10.1 Å². The summed E-state index contributed by atoms with van der Waals surface area (Å²) in [6.45, 7) is 0.959. The van der Waals surface area contributed by atoms with Crippen molar-refractivity contribution < 1.29 is 9.21 Å². The first kappa shape index (κ1) is 12.9. The Morgan fingerprint density at radius 2 is 2.38 bits per heavy atom. The number of carbonyl (C=O) groups excluding carboxylic acids is 1. The Balaban J connectivity index is 1.50. The summed E-state index contributed by atoms with van der Waals surface area (Å²) in [5.41, 5.74) is 0. The first-order valence-electron chi connectivity index (χ1n) is 6.65. The summed E-state index contributed by atoms with van der Waals surface area (Å²) in [7, 11) is 0. The molecule has 8 heteroatoms. The van der Waals surface area contributed by atoms with E-state index in [4.69, 9.17) is 4.42 Å². The molecule has 1 atom stereocenters. The van der Waals surface area contributed by atoms with Crippen LogP contribution in [-0.2, 0) is 0 Å². The molecule has 2 N–H and O–H groups in total. The number of thiophene rings is 2. The highest BCUT2D eigenvalue weighted by atomic mass is 32.1. The van der Waals surface area contributed by atoms with Crippen molar-refractivity contribution in [1.29, 1.82) is 0 Å². The third-order valence-electron chi connectivity index (χ3n) is 3.38. The Bertz CT molecular complexity index is 756. The van der Waals surface area contributed by atoms with E-state index in [0.29, 0.717) is 10.8 Å². The molecule has 1 saturated heterocycles. The third kappa shape index (κ3) is 2.45. The topological polar surface area (TPSA) is 80.0 Å². The molecule has 1 aliphatic heterocycles. The molecule has 4 rings (SSSR count). The number of hydrogen-bond acceptors (Lipinski definition) is 7. The zero-order chi connectivity index (χ0) is 14.2. The second-order valence-corrected chi connectivity index (χ2v) is 6.84. The molecule has 6 nitrogen and oxygen atoms in total. The molecule has 1 fully saturated rings. The molecule has 0 spiro atoms. The molecule has 0 aliphatic carbocycles. The van der Waals surface area contributed by atoms with Crippen LogP contribution >= 0.6 is 22.7 Å². The van der Waals surface area contributed by atoms with E-state index in [1.165, 1.54) is 11.3 Å². The molecular formula is C13H12N4O2S2. The summed E-state index contributed by atoms with van der Waals surface area (Å²) >= 11 is 3.08. The van der Waals surface area contributed by atoms with Crippen LogP contribution in [0.5, 0.6) is 0 Å². The van der Waals surface area contributed by atoms with Crippen LogP contribution in [0.25, 0.3) is 9.40 Å². The lowest BCUT2D eigenvalue weighted by Gasteiger charge is -2.02. The van der Waals surface area contributed by atoms with E-state index in [-0.39, 0.29) is 18.0 Å². The highest BCUT2D eigenvalue weighted by Crippen LogP contribution is 2.30. The SMILES string of the molecule is O=C(Nc1nnc(C2CCCN2)o1)c1cc2sccc2s1. The van der Waals surface area contributed by atoms with E-state index in [2.05, 4.69) is 20.8 Å². The summed E-state index contributed by atoms with van der Waals surface area (Å²) in [6, 6.07) is 4.16. The Morgan fingerprint density at radius 3 is 3.19 bits per heavy atom. The van der Waals surface area contributed by atoms with Crippen LogP contribution in [0.2, 0.25) is 0 Å². The van der Waals surface area contributed by atoms with Gasteiger partial charge < -0.3 is 9.73 Å². The lowest BCUT2D eigenvalue weighted by molar-refractivity contribution is 0.102. The standard InChI is InChI=1S/C13H12N4O2S2/c18-11(10-6-9-8(21-10)3-5-20-9)15-13-17-16-12(19-13)7-2-1-4-14-7/h3,5-7,14H,1-2,4H2,(H,15,17,18). The number of nitrogens with zero attached hydrogens (tertiary/aromatic N) is 2. The van der Waals surface area contributed by atoms with Crippen LogP contribution in [0.4, 0.5) is 6.01 Å². The van der Waals surface area contributed by atoms with Gasteiger partial charge in [-0.15, -0.1) is 27.8 Å². The van der Waals surface area contributed by atoms with Crippen molar-refractivity contribution in [1.82, 2.24) is 15.5 Å². The van der Waals surface area contributed by atoms with Gasteiger partial charge in [0, 0.05) is 9.40 Å². The molecule has 1 unspecified atom stereocenters. The van der Waals surface area contributed by atoms with E-state index in [1.807, 2.05) is 17.5 Å². The molecule has 21 heavy (non-hydrogen) atoms. The number of nitrogens with one attached hydrogen (secondary N) is 2. The number of fused-ring (bicyclic) bond motifs is 1. The molecule has 3 aromatic rings. The summed E-state index contributed by atoms with van der Waals surface area (Å²) in [4.78, 5) is 12.8. The summed E-state index contributed by atoms with van der Waals surface area (Å²) in [5.74, 6) is 0.327. The average molecular weight is 320 g/mol. The normalized spacial score (nSPS) is 18.4. The predicted octanol–water partition coefficient (Wildman–Crippen LogP) is 3.02. The van der Waals surface area contributed by atoms with Gasteiger partial charge in [0.25, 0.3) is 5.91 Å². The van der Waals surface area contributed by atoms with Gasteiger partial charge in [-0.05, 0) is 36.9 Å². The van der Waals surface area contributed by atoms with Crippen molar-refractivity contribution in [2.75, 3.05) is 11.9 Å². The summed E-state index contributed by atoms with van der Waals surface area (Å²) in [5, 5.41) is 15.8. The minimum atomic E-state index is -0.210. The van der Waals surface area contributed by atoms with Crippen molar-refractivity contribution in [2.45, 2.75) is 18.9 Å². The smallest absolute Gasteiger partial charge is 0.322 e. The predicted molar refractivity (Wildman–Crippen MR) is 81.9 cm³/mol. The maximum Gasteiger partial charge on any atom is 0.322 e. The van der Waals surface area contributed by atoms with E-state index in [9.17, 15) is 4.79 Å². The molecule has 1 aliphatic rings. The van der Waals surface area contributed by atoms with Crippen LogP contribution in [0, 0.1) is 0 Å². The lowest BCUT2D eigenvalue weighted by atomic mass is 10.2. The molecule has 3 aromatic heterocycles. The number of rotatable bonds is 3. The van der Waals surface area contributed by atoms with Crippen LogP contribution in [0.15, 0.2) is 21.9 Å². The molecule has 0 bridgehead atoms. The quantitative estimate of drug-likeness (QED) is 0.775. The van der Waals surface area contributed by atoms with Gasteiger partial charge in [0.15, 0.2) is 0 Å². The summed E-state index contributed by atoms with van der Waals surface area (Å²) in [6.07, 6.45) is 2.08. The fourth-order valence-corrected chi connectivity index (χ4v) is 4.36. The molecule has 0 aromatic carbocycles. The first-order chi connectivity index (χ1) is 10.3. The van der Waals surface area contributed by atoms with Crippen molar-refractivity contribution in [3.05, 3.63) is 28.3 Å². The van der Waals surface area contributed by atoms with E-state index >= 15 is 0 Å². The summed E-state index contributed by atoms with van der Waals surface area (Å²) < 4.78 is 7.74. The second-order valence-electron chi connectivity index (χ2n) is 4.81. The van der Waals surface area contributed by atoms with Crippen molar-refractivity contribution in [2.24, 2.45) is 0 Å². The maximum atomic E-state index is 12.2. The fourth-order valence-electron chi connectivity index (χ4n) is 2.36. The number of hydrogen-bond donors (Lipinski definition) is 2. The van der Waals surface area contributed by atoms with Crippen LogP contribution in [-0.4, -0.2) is 22.6 Å². The maximum absolute atomic E-state index is 12.2. The van der Waals surface area contributed by atoms with Crippen LogP contribution in [0.1, 0.15) is 34.4 Å². The molecule has 0 radical (unpaired) electrons. The Hall–Kier alpha value is -1.77. The first-order valence-corrected chi connectivity index (χ1v) is 8.34. The molecule has 108 valence electrons. The molecule has 4 heterocycles. The second kappa shape index (κ2) is 5.21. The van der Waals surface area contributed by atoms with Crippen molar-refractivity contribution >= 4 is 44.0 Å². The monoisotopic (exact) mass is 320 g/mol. The fraction of sp³-hybridized carbons (Fsp3) is 0.308. The van der Waals surface area contributed by atoms with Gasteiger partial charge in [0.2, 0.25) is 5.89 Å². The zero-order valence-electron chi connectivity index (χ0n) is 11.0. The number of amides is 1. The Morgan fingerprint density at radius 1 is 1.43 bits per heavy atom. The van der Waals surface area contributed by atoms with Crippen molar-refractivity contribution in [3.63, 3.8) is 0 Å². The Kier molecular flexibility index (Phi) is 3.21. The van der Waals surface area contributed by atoms with Gasteiger partial charge in [-0.25, -0.2) is 0 Å². The van der Waals surface area contributed by atoms with Gasteiger partial charge in [0.05, 0.1) is 10.9 Å². The van der Waals surface area contributed by atoms with E-state index in [0.717, 1.165) is 28.8 Å². The zero-order valence-corrected chi connectivity index (χ0v) is 12.6. The van der Waals surface area contributed by atoms with Gasteiger partial charge >= 0.3 is 6.01 Å². The van der Waals surface area contributed by atoms with Gasteiger partial charge in [0.1, 0.15) is 0 Å². The van der Waals surface area contributed by atoms with Gasteiger partial charge in [-0.1, -0.05) is 5.10 Å². The van der Waals surface area contributed by atoms with Gasteiger partial charge in [-0.2, -0.15) is 0 Å². The molecule has 1 amide bonds. The van der Waals surface area contributed by atoms with Crippen LogP contribution in [0.3, 0.4) is 0 Å². The highest BCUT2D eigenvalue weighted by Gasteiger charge is 2.23. The number of anilines is 1.